The highest BCUT2D eigenvalue weighted by Gasteiger charge is 2.06. The van der Waals surface area contributed by atoms with E-state index in [9.17, 15) is 4.79 Å². The molecule has 0 spiro atoms. The van der Waals surface area contributed by atoms with Crippen LogP contribution in [0.3, 0.4) is 0 Å². The van der Waals surface area contributed by atoms with E-state index in [0.717, 1.165) is 10.5 Å². The third kappa shape index (κ3) is 3.28. The predicted molar refractivity (Wildman–Crippen MR) is 76.3 cm³/mol. The van der Waals surface area contributed by atoms with E-state index in [2.05, 4.69) is 17.9 Å². The Hall–Kier alpha value is -1.45. The number of nitrogens with one attached hydrogen (secondary N) is 1. The molecule has 1 amide bonds. The van der Waals surface area contributed by atoms with Gasteiger partial charge in [0.15, 0.2) is 0 Å². The Morgan fingerprint density at radius 1 is 1.17 bits per heavy atom. The zero-order valence-corrected chi connectivity index (χ0v) is 11.2. The number of hydrogen-bond donors (Lipinski definition) is 2. The molecule has 0 heterocycles. The van der Waals surface area contributed by atoms with Gasteiger partial charge in [0.05, 0.1) is 0 Å². The quantitative estimate of drug-likeness (QED) is 0.826. The fourth-order valence-corrected chi connectivity index (χ4v) is 1.99. The molecule has 0 saturated heterocycles. The van der Waals surface area contributed by atoms with Crippen LogP contribution in [-0.4, -0.2) is 5.91 Å². The van der Waals surface area contributed by atoms with Gasteiger partial charge in [0.2, 0.25) is 0 Å². The van der Waals surface area contributed by atoms with E-state index in [0.29, 0.717) is 17.1 Å². The van der Waals surface area contributed by atoms with Crippen molar-refractivity contribution < 1.29 is 4.79 Å². The molecule has 0 radical (unpaired) electrons. The van der Waals surface area contributed by atoms with Gasteiger partial charge < -0.3 is 5.32 Å². The molecule has 0 aliphatic carbocycles. The van der Waals surface area contributed by atoms with Crippen LogP contribution in [0.15, 0.2) is 53.4 Å². The van der Waals surface area contributed by atoms with Gasteiger partial charge in [-0.2, -0.15) is 0 Å². The lowest BCUT2D eigenvalue weighted by atomic mass is 10.2. The van der Waals surface area contributed by atoms with Crippen molar-refractivity contribution in [2.24, 2.45) is 0 Å². The largest absolute Gasteiger partial charge is 0.348 e. The number of benzene rings is 2. The Morgan fingerprint density at radius 2 is 1.94 bits per heavy atom. The van der Waals surface area contributed by atoms with Gasteiger partial charge in [-0.1, -0.05) is 35.9 Å². The van der Waals surface area contributed by atoms with E-state index in [-0.39, 0.29) is 5.91 Å². The van der Waals surface area contributed by atoms with E-state index in [1.54, 1.807) is 24.3 Å². The average molecular weight is 278 g/mol. The van der Waals surface area contributed by atoms with Crippen molar-refractivity contribution in [3.63, 3.8) is 0 Å². The number of thiol groups is 1. The first-order valence-electron chi connectivity index (χ1n) is 5.47. The van der Waals surface area contributed by atoms with Crippen LogP contribution in [-0.2, 0) is 6.54 Å². The summed E-state index contributed by atoms with van der Waals surface area (Å²) in [4.78, 5) is 12.7. The van der Waals surface area contributed by atoms with Crippen molar-refractivity contribution in [2.45, 2.75) is 11.4 Å². The molecular formula is C14H12ClNOS. The normalized spacial score (nSPS) is 10.1. The van der Waals surface area contributed by atoms with Crippen molar-refractivity contribution in [1.82, 2.24) is 5.32 Å². The van der Waals surface area contributed by atoms with Crippen LogP contribution in [0.25, 0.3) is 0 Å². The number of hydrogen-bond acceptors (Lipinski definition) is 2. The Kier molecular flexibility index (Phi) is 4.28. The lowest BCUT2D eigenvalue weighted by Gasteiger charge is -2.07. The van der Waals surface area contributed by atoms with Crippen LogP contribution >= 0.6 is 24.2 Å². The smallest absolute Gasteiger partial charge is 0.251 e. The molecule has 0 saturated carbocycles. The number of amides is 1. The Labute approximate surface area is 116 Å². The highest BCUT2D eigenvalue weighted by Crippen LogP contribution is 2.15. The summed E-state index contributed by atoms with van der Waals surface area (Å²) < 4.78 is 0. The number of carbonyl (C=O) groups is 1. The second kappa shape index (κ2) is 5.94. The highest BCUT2D eigenvalue weighted by atomic mass is 35.5. The maximum Gasteiger partial charge on any atom is 0.251 e. The van der Waals surface area contributed by atoms with Gasteiger partial charge in [0.25, 0.3) is 5.91 Å². The molecule has 0 unspecified atom stereocenters. The lowest BCUT2D eigenvalue weighted by molar-refractivity contribution is 0.0950. The molecule has 18 heavy (non-hydrogen) atoms. The van der Waals surface area contributed by atoms with Gasteiger partial charge >= 0.3 is 0 Å². The molecule has 1 N–H and O–H groups in total. The first kappa shape index (κ1) is 13.0. The number of carbonyl (C=O) groups excluding carboxylic acids is 1. The first-order chi connectivity index (χ1) is 8.66. The minimum Gasteiger partial charge on any atom is -0.348 e. The second-order valence-corrected chi connectivity index (χ2v) is 4.75. The minimum atomic E-state index is -0.134. The molecule has 0 aliphatic heterocycles. The van der Waals surface area contributed by atoms with Crippen molar-refractivity contribution >= 4 is 30.1 Å². The summed E-state index contributed by atoms with van der Waals surface area (Å²) in [7, 11) is 0. The molecule has 0 fully saturated rings. The Bertz CT molecular complexity index is 571. The van der Waals surface area contributed by atoms with E-state index < -0.39 is 0 Å². The van der Waals surface area contributed by atoms with Crippen LogP contribution in [0.2, 0.25) is 5.02 Å². The van der Waals surface area contributed by atoms with Gasteiger partial charge in [-0.15, -0.1) is 12.6 Å². The fraction of sp³-hybridized carbons (Fsp3) is 0.0714. The van der Waals surface area contributed by atoms with E-state index >= 15 is 0 Å². The summed E-state index contributed by atoms with van der Waals surface area (Å²) in [6, 6.07) is 14.5. The van der Waals surface area contributed by atoms with Crippen molar-refractivity contribution in [1.29, 1.82) is 0 Å². The monoisotopic (exact) mass is 277 g/mol. The van der Waals surface area contributed by atoms with Crippen LogP contribution < -0.4 is 5.32 Å². The van der Waals surface area contributed by atoms with Crippen molar-refractivity contribution in [3.05, 3.63) is 64.7 Å². The van der Waals surface area contributed by atoms with Crippen molar-refractivity contribution in [3.8, 4) is 0 Å². The van der Waals surface area contributed by atoms with E-state index in [1.165, 1.54) is 0 Å². The summed E-state index contributed by atoms with van der Waals surface area (Å²) in [6.07, 6.45) is 0. The molecule has 0 aromatic heterocycles. The summed E-state index contributed by atoms with van der Waals surface area (Å²) in [5, 5.41) is 3.48. The number of halogens is 1. The summed E-state index contributed by atoms with van der Waals surface area (Å²) >= 11 is 10.2. The summed E-state index contributed by atoms with van der Waals surface area (Å²) in [6.45, 7) is 0.412. The van der Waals surface area contributed by atoms with Gasteiger partial charge in [0, 0.05) is 22.0 Å². The van der Waals surface area contributed by atoms with Crippen LogP contribution in [0.1, 0.15) is 15.9 Å². The third-order valence-electron chi connectivity index (χ3n) is 2.51. The zero-order valence-electron chi connectivity index (χ0n) is 9.56. The molecule has 0 bridgehead atoms. The summed E-state index contributed by atoms with van der Waals surface area (Å²) in [5.74, 6) is -0.134. The maximum absolute atomic E-state index is 11.9. The molecule has 2 nitrogen and oxygen atoms in total. The SMILES string of the molecule is O=C(NCc1ccccc1Cl)c1cccc(S)c1. The molecule has 0 atom stereocenters. The van der Waals surface area contributed by atoms with Gasteiger partial charge in [-0.05, 0) is 29.8 Å². The molecule has 2 aromatic carbocycles. The van der Waals surface area contributed by atoms with E-state index in [1.807, 2.05) is 24.3 Å². The topological polar surface area (TPSA) is 29.1 Å². The van der Waals surface area contributed by atoms with Gasteiger partial charge in [-0.3, -0.25) is 4.79 Å². The second-order valence-electron chi connectivity index (χ2n) is 3.82. The molecular weight excluding hydrogens is 266 g/mol. The number of rotatable bonds is 3. The highest BCUT2D eigenvalue weighted by molar-refractivity contribution is 7.80. The lowest BCUT2D eigenvalue weighted by Crippen LogP contribution is -2.22. The molecule has 2 rings (SSSR count). The molecule has 2 aromatic rings. The van der Waals surface area contributed by atoms with Crippen LogP contribution in [0.4, 0.5) is 0 Å². The van der Waals surface area contributed by atoms with Crippen LogP contribution in [0, 0.1) is 0 Å². The van der Waals surface area contributed by atoms with Crippen LogP contribution in [0.5, 0.6) is 0 Å². The predicted octanol–water partition coefficient (Wildman–Crippen LogP) is 3.56. The van der Waals surface area contributed by atoms with Gasteiger partial charge in [-0.25, -0.2) is 0 Å². The zero-order chi connectivity index (χ0) is 13.0. The Morgan fingerprint density at radius 3 is 2.67 bits per heavy atom. The standard InChI is InChI=1S/C14H12ClNOS/c15-13-7-2-1-4-11(13)9-16-14(17)10-5-3-6-12(18)8-10/h1-8,18H,9H2,(H,16,17). The Balaban J connectivity index is 2.03. The molecule has 92 valence electrons. The minimum absolute atomic E-state index is 0.134. The van der Waals surface area contributed by atoms with Crippen molar-refractivity contribution in [2.75, 3.05) is 0 Å². The average Bonchev–Trinajstić information content (AvgIpc) is 2.37. The molecule has 4 heteroatoms. The summed E-state index contributed by atoms with van der Waals surface area (Å²) in [5.41, 5.74) is 1.49. The van der Waals surface area contributed by atoms with Gasteiger partial charge in [0.1, 0.15) is 0 Å². The molecule has 0 aliphatic rings. The first-order valence-corrected chi connectivity index (χ1v) is 6.30. The fourth-order valence-electron chi connectivity index (χ4n) is 1.57. The maximum atomic E-state index is 11.9. The third-order valence-corrected chi connectivity index (χ3v) is 3.15. The van der Waals surface area contributed by atoms with E-state index in [4.69, 9.17) is 11.6 Å².